The molecule has 0 bridgehead atoms. The lowest BCUT2D eigenvalue weighted by Gasteiger charge is -2.19. The molecule has 1 aliphatic heterocycles. The van der Waals surface area contributed by atoms with Gasteiger partial charge in [-0.05, 0) is 42.3 Å². The fraction of sp³-hybridized carbons (Fsp3) is 0.381. The Balaban J connectivity index is 1.63. The molecular formula is C21H23F3N2O4. The Kier molecular flexibility index (Phi) is 6.71. The number of halogens is 3. The zero-order valence-corrected chi connectivity index (χ0v) is 16.7. The van der Waals surface area contributed by atoms with E-state index in [0.29, 0.717) is 19.7 Å². The first-order valence-electron chi connectivity index (χ1n) is 9.41. The number of nitrogens with zero attached hydrogens (tertiary/aromatic N) is 1. The number of amides is 1. The number of anilines is 1. The third kappa shape index (κ3) is 5.56. The first-order valence-corrected chi connectivity index (χ1v) is 9.41. The maximum atomic E-state index is 12.4. The minimum atomic E-state index is -4.42. The molecule has 1 amide bonds. The van der Waals surface area contributed by atoms with Crippen LogP contribution in [0.3, 0.4) is 0 Å². The predicted molar refractivity (Wildman–Crippen MR) is 105 cm³/mol. The molecule has 1 atom stereocenters. The summed E-state index contributed by atoms with van der Waals surface area (Å²) in [6, 6.07) is 12.4. The Labute approximate surface area is 172 Å². The molecule has 9 heteroatoms. The molecule has 0 saturated carbocycles. The van der Waals surface area contributed by atoms with Gasteiger partial charge in [-0.25, -0.2) is 4.79 Å². The summed E-state index contributed by atoms with van der Waals surface area (Å²) in [5, 5.41) is 3.36. The Morgan fingerprint density at radius 3 is 2.67 bits per heavy atom. The lowest BCUT2D eigenvalue weighted by molar-refractivity contribution is -0.153. The van der Waals surface area contributed by atoms with E-state index in [2.05, 4.69) is 5.32 Å². The second-order valence-electron chi connectivity index (χ2n) is 6.85. The molecule has 30 heavy (non-hydrogen) atoms. The van der Waals surface area contributed by atoms with Crippen molar-refractivity contribution in [1.82, 2.24) is 5.32 Å². The summed E-state index contributed by atoms with van der Waals surface area (Å²) in [4.78, 5) is 13.3. The van der Waals surface area contributed by atoms with Crippen LogP contribution in [-0.4, -0.2) is 39.1 Å². The van der Waals surface area contributed by atoms with Crippen LogP contribution < -0.4 is 19.7 Å². The van der Waals surface area contributed by atoms with E-state index in [1.165, 1.54) is 13.2 Å². The van der Waals surface area contributed by atoms with E-state index in [0.717, 1.165) is 16.8 Å². The second-order valence-corrected chi connectivity index (χ2v) is 6.85. The number of methoxy groups -OCH3 is 1. The third-order valence-corrected chi connectivity index (χ3v) is 4.67. The average Bonchev–Trinajstić information content (AvgIpc) is 3.16. The molecule has 3 rings (SSSR count). The van der Waals surface area contributed by atoms with E-state index in [1.807, 2.05) is 31.2 Å². The number of nitrogens with one attached hydrogen (secondary N) is 1. The molecule has 1 aliphatic rings. The molecule has 1 heterocycles. The van der Waals surface area contributed by atoms with Gasteiger partial charge in [0.15, 0.2) is 18.1 Å². The zero-order chi connectivity index (χ0) is 21.7. The van der Waals surface area contributed by atoms with Gasteiger partial charge < -0.3 is 19.5 Å². The maximum Gasteiger partial charge on any atom is 0.422 e. The van der Waals surface area contributed by atoms with Crippen molar-refractivity contribution in [3.05, 3.63) is 53.6 Å². The van der Waals surface area contributed by atoms with Gasteiger partial charge in [0.05, 0.1) is 13.7 Å². The summed E-state index contributed by atoms with van der Waals surface area (Å²) in [5.74, 6) is 0.276. The van der Waals surface area contributed by atoms with E-state index >= 15 is 0 Å². The van der Waals surface area contributed by atoms with Gasteiger partial charge in [-0.2, -0.15) is 13.2 Å². The van der Waals surface area contributed by atoms with Gasteiger partial charge in [0.25, 0.3) is 0 Å². The highest BCUT2D eigenvalue weighted by Crippen LogP contribution is 2.30. The predicted octanol–water partition coefficient (Wildman–Crippen LogP) is 4.44. The molecule has 0 radical (unpaired) electrons. The Hall–Kier alpha value is -2.94. The molecule has 1 N–H and O–H groups in total. The molecule has 0 aliphatic carbocycles. The van der Waals surface area contributed by atoms with Crippen LogP contribution in [0.4, 0.5) is 23.7 Å². The molecule has 0 spiro atoms. The molecule has 2 aromatic carbocycles. The monoisotopic (exact) mass is 424 g/mol. The van der Waals surface area contributed by atoms with E-state index in [1.54, 1.807) is 17.0 Å². The maximum absolute atomic E-state index is 12.4. The van der Waals surface area contributed by atoms with E-state index in [9.17, 15) is 18.0 Å². The van der Waals surface area contributed by atoms with Gasteiger partial charge in [0, 0.05) is 18.3 Å². The molecule has 1 unspecified atom stereocenters. The molecular weight excluding hydrogens is 401 g/mol. The van der Waals surface area contributed by atoms with Crippen molar-refractivity contribution in [1.29, 1.82) is 0 Å². The van der Waals surface area contributed by atoms with Gasteiger partial charge in [0.1, 0.15) is 6.61 Å². The Bertz CT molecular complexity index is 889. The molecule has 1 fully saturated rings. The van der Waals surface area contributed by atoms with Crippen molar-refractivity contribution in [2.45, 2.75) is 25.7 Å². The first-order chi connectivity index (χ1) is 14.3. The lowest BCUT2D eigenvalue weighted by atomic mass is 10.1. The highest BCUT2D eigenvalue weighted by Gasteiger charge is 2.29. The van der Waals surface area contributed by atoms with E-state index in [4.69, 9.17) is 14.2 Å². The quantitative estimate of drug-likeness (QED) is 0.679. The van der Waals surface area contributed by atoms with E-state index in [-0.39, 0.29) is 23.6 Å². The van der Waals surface area contributed by atoms with Crippen molar-refractivity contribution < 1.29 is 32.2 Å². The first kappa shape index (κ1) is 21.8. The van der Waals surface area contributed by atoms with Crippen LogP contribution in [0.1, 0.15) is 24.1 Å². The third-order valence-electron chi connectivity index (χ3n) is 4.67. The summed E-state index contributed by atoms with van der Waals surface area (Å²) in [5.41, 5.74) is 2.60. The molecule has 6 nitrogen and oxygen atoms in total. The van der Waals surface area contributed by atoms with Gasteiger partial charge in [-0.3, -0.25) is 4.90 Å². The van der Waals surface area contributed by atoms with Crippen LogP contribution in [-0.2, 0) is 11.3 Å². The summed E-state index contributed by atoms with van der Waals surface area (Å²) in [6.45, 7) is 1.97. The van der Waals surface area contributed by atoms with Crippen LogP contribution in [0.15, 0.2) is 42.5 Å². The number of alkyl halides is 3. The van der Waals surface area contributed by atoms with Crippen LogP contribution in [0, 0.1) is 0 Å². The number of hydrogen-bond donors (Lipinski definition) is 1. The highest BCUT2D eigenvalue weighted by molar-refractivity contribution is 5.89. The molecule has 1 saturated heterocycles. The Morgan fingerprint density at radius 1 is 1.20 bits per heavy atom. The number of cyclic esters (lactones) is 1. The molecule has 0 aromatic heterocycles. The Morgan fingerprint density at radius 2 is 2.00 bits per heavy atom. The van der Waals surface area contributed by atoms with Gasteiger partial charge in [-0.1, -0.05) is 18.2 Å². The summed E-state index contributed by atoms with van der Waals surface area (Å²) in [7, 11) is 1.38. The van der Waals surface area contributed by atoms with Crippen molar-refractivity contribution >= 4 is 11.8 Å². The average molecular weight is 424 g/mol. The van der Waals surface area contributed by atoms with Crippen molar-refractivity contribution in [2.24, 2.45) is 0 Å². The zero-order valence-electron chi connectivity index (χ0n) is 16.7. The van der Waals surface area contributed by atoms with Crippen molar-refractivity contribution in [3.63, 3.8) is 0 Å². The van der Waals surface area contributed by atoms with Crippen LogP contribution in [0.25, 0.3) is 0 Å². The summed E-state index contributed by atoms with van der Waals surface area (Å²) < 4.78 is 52.0. The number of hydrogen-bond acceptors (Lipinski definition) is 5. The number of benzene rings is 2. The summed E-state index contributed by atoms with van der Waals surface area (Å²) in [6.07, 6.45) is -4.77. The number of carbonyl (C=O) groups is 1. The molecule has 162 valence electrons. The summed E-state index contributed by atoms with van der Waals surface area (Å²) >= 11 is 0. The fourth-order valence-corrected chi connectivity index (χ4v) is 3.08. The van der Waals surface area contributed by atoms with Crippen molar-refractivity contribution in [3.8, 4) is 11.5 Å². The smallest absolute Gasteiger partial charge is 0.422 e. The van der Waals surface area contributed by atoms with E-state index < -0.39 is 12.8 Å². The van der Waals surface area contributed by atoms with Gasteiger partial charge in [-0.15, -0.1) is 0 Å². The highest BCUT2D eigenvalue weighted by atomic mass is 19.4. The number of ether oxygens (including phenoxy) is 3. The standard InChI is InChI=1S/C21H23F3N2O4/c1-14(16-4-3-5-17(11-16)26-8-9-29-20(26)27)25-12-15-6-7-18(19(10-15)28-2)30-13-21(22,23)24/h3-7,10-11,14,25H,8-9,12-13H2,1-2H3. The van der Waals surface area contributed by atoms with Crippen LogP contribution >= 0.6 is 0 Å². The molecule has 2 aromatic rings. The lowest BCUT2D eigenvalue weighted by Crippen LogP contribution is -2.24. The minimum Gasteiger partial charge on any atom is -0.493 e. The van der Waals surface area contributed by atoms with Gasteiger partial charge in [0.2, 0.25) is 0 Å². The van der Waals surface area contributed by atoms with Crippen LogP contribution in [0.2, 0.25) is 0 Å². The normalized spacial score (nSPS) is 15.1. The van der Waals surface area contributed by atoms with Crippen molar-refractivity contribution in [2.75, 3.05) is 31.8 Å². The number of carbonyl (C=O) groups excluding carboxylic acids is 1. The SMILES string of the molecule is COc1cc(CNC(C)c2cccc(N3CCOC3=O)c2)ccc1OCC(F)(F)F. The van der Waals surface area contributed by atoms with Crippen LogP contribution in [0.5, 0.6) is 11.5 Å². The fourth-order valence-electron chi connectivity index (χ4n) is 3.08. The largest absolute Gasteiger partial charge is 0.493 e. The topological polar surface area (TPSA) is 60.0 Å². The number of rotatable bonds is 8. The second kappa shape index (κ2) is 9.25. The van der Waals surface area contributed by atoms with Gasteiger partial charge >= 0.3 is 12.3 Å². The minimum absolute atomic E-state index is 0.0317.